The third-order valence-electron chi connectivity index (χ3n) is 2.69. The third-order valence-corrected chi connectivity index (χ3v) is 3.27. The predicted octanol–water partition coefficient (Wildman–Crippen LogP) is 1.81. The third kappa shape index (κ3) is 4.19. The normalized spacial score (nSPS) is 13.0. The van der Waals surface area contributed by atoms with Gasteiger partial charge in [-0.1, -0.05) is 0 Å². The molecule has 6 heteroatoms. The highest BCUT2D eigenvalue weighted by atomic mass is 79.9. The Morgan fingerprint density at radius 2 is 2.28 bits per heavy atom. The number of ether oxygens (including phenoxy) is 1. The van der Waals surface area contributed by atoms with E-state index in [0.717, 1.165) is 11.0 Å². The van der Waals surface area contributed by atoms with E-state index >= 15 is 0 Å². The molecule has 1 heterocycles. The summed E-state index contributed by atoms with van der Waals surface area (Å²) in [5, 5.41) is 4.22. The molecule has 1 aromatic rings. The molecule has 102 valence electrons. The van der Waals surface area contributed by atoms with E-state index in [-0.39, 0.29) is 11.9 Å². The molecular weight excluding hydrogens is 298 g/mol. The molecule has 1 rings (SSSR count). The summed E-state index contributed by atoms with van der Waals surface area (Å²) in [6, 6.07) is 0. The maximum Gasteiger partial charge on any atom is 0.184 e. The van der Waals surface area contributed by atoms with Crippen LogP contribution in [-0.4, -0.2) is 54.3 Å². The Morgan fingerprint density at radius 3 is 2.83 bits per heavy atom. The van der Waals surface area contributed by atoms with E-state index in [0.29, 0.717) is 18.7 Å². The Hall–Kier alpha value is -0.720. The second-order valence-corrected chi connectivity index (χ2v) is 5.40. The van der Waals surface area contributed by atoms with Crippen LogP contribution in [0.1, 0.15) is 23.8 Å². The fraction of sp³-hybridized carbons (Fsp3) is 0.667. The van der Waals surface area contributed by atoms with Gasteiger partial charge in [-0.3, -0.25) is 9.48 Å². The summed E-state index contributed by atoms with van der Waals surface area (Å²) in [5.74, 6) is 0.0486. The second-order valence-electron chi connectivity index (χ2n) is 4.54. The average molecular weight is 318 g/mol. The Labute approximate surface area is 116 Å². The molecule has 0 aliphatic rings. The molecule has 0 amide bonds. The van der Waals surface area contributed by atoms with Crippen LogP contribution in [0.2, 0.25) is 0 Å². The van der Waals surface area contributed by atoms with Crippen LogP contribution < -0.4 is 0 Å². The van der Waals surface area contributed by atoms with Gasteiger partial charge in [0.05, 0.1) is 23.3 Å². The number of hydrogen-bond acceptors (Lipinski definition) is 4. The lowest BCUT2D eigenvalue weighted by atomic mass is 10.1. The molecule has 0 bridgehead atoms. The number of carbonyl (C=O) groups excluding carboxylic acids is 1. The van der Waals surface area contributed by atoms with Crippen LogP contribution in [-0.2, 0) is 11.3 Å². The lowest BCUT2D eigenvalue weighted by Crippen LogP contribution is -2.22. The van der Waals surface area contributed by atoms with E-state index < -0.39 is 0 Å². The van der Waals surface area contributed by atoms with Gasteiger partial charge in [0.15, 0.2) is 5.78 Å². The van der Waals surface area contributed by atoms with Gasteiger partial charge in [-0.05, 0) is 36.9 Å². The molecule has 18 heavy (non-hydrogen) atoms. The lowest BCUT2D eigenvalue weighted by molar-refractivity contribution is 0.0781. The van der Waals surface area contributed by atoms with E-state index in [2.05, 4.69) is 25.9 Å². The van der Waals surface area contributed by atoms with E-state index in [1.54, 1.807) is 18.0 Å². The number of Topliss-reactive ketones (excluding diaryl/α,β-unsaturated/α-hetero) is 1. The van der Waals surface area contributed by atoms with E-state index in [9.17, 15) is 4.79 Å². The van der Waals surface area contributed by atoms with Crippen LogP contribution in [0, 0.1) is 0 Å². The zero-order valence-corrected chi connectivity index (χ0v) is 12.9. The summed E-state index contributed by atoms with van der Waals surface area (Å²) in [7, 11) is 5.59. The highest BCUT2D eigenvalue weighted by Gasteiger charge is 2.19. The molecule has 0 aliphatic heterocycles. The van der Waals surface area contributed by atoms with E-state index in [1.807, 2.05) is 21.0 Å². The molecule has 1 atom stereocenters. The average Bonchev–Trinajstić information content (AvgIpc) is 2.67. The van der Waals surface area contributed by atoms with Crippen molar-refractivity contribution in [3.8, 4) is 0 Å². The second kappa shape index (κ2) is 7.01. The van der Waals surface area contributed by atoms with Gasteiger partial charge in [0.1, 0.15) is 5.69 Å². The Kier molecular flexibility index (Phi) is 5.98. The fourth-order valence-corrected chi connectivity index (χ4v) is 2.06. The zero-order chi connectivity index (χ0) is 13.7. The van der Waals surface area contributed by atoms with Crippen LogP contribution in [0.15, 0.2) is 10.7 Å². The molecule has 0 aliphatic carbocycles. The minimum absolute atomic E-state index is 0.0486. The van der Waals surface area contributed by atoms with Crippen LogP contribution in [0.3, 0.4) is 0 Å². The summed E-state index contributed by atoms with van der Waals surface area (Å²) >= 11 is 3.38. The number of ketones is 1. The maximum absolute atomic E-state index is 12.2. The summed E-state index contributed by atoms with van der Waals surface area (Å²) in [6.07, 6.45) is 1.95. The van der Waals surface area contributed by atoms with Gasteiger partial charge in [0.25, 0.3) is 0 Å². The molecule has 1 aromatic heterocycles. The molecule has 5 nitrogen and oxygen atoms in total. The molecule has 0 radical (unpaired) electrons. The Bertz CT molecular complexity index is 404. The highest BCUT2D eigenvalue weighted by molar-refractivity contribution is 9.10. The SMILES string of the molecule is COC(C)CC(=O)c1c(Br)cnn1CCN(C)C. The minimum Gasteiger partial charge on any atom is -0.381 e. The van der Waals surface area contributed by atoms with Crippen molar-refractivity contribution < 1.29 is 9.53 Å². The standard InChI is InChI=1S/C12H20BrN3O2/c1-9(18-4)7-11(17)12-10(13)8-14-16(12)6-5-15(2)3/h8-9H,5-7H2,1-4H3. The molecule has 0 saturated heterocycles. The number of nitrogens with zero attached hydrogens (tertiary/aromatic N) is 3. The van der Waals surface area contributed by atoms with Crippen LogP contribution >= 0.6 is 15.9 Å². The largest absolute Gasteiger partial charge is 0.381 e. The predicted molar refractivity (Wildman–Crippen MR) is 73.9 cm³/mol. The number of methoxy groups -OCH3 is 1. The Morgan fingerprint density at radius 1 is 1.61 bits per heavy atom. The number of carbonyl (C=O) groups is 1. The van der Waals surface area contributed by atoms with Crippen molar-refractivity contribution >= 4 is 21.7 Å². The van der Waals surface area contributed by atoms with Crippen molar-refractivity contribution in [1.82, 2.24) is 14.7 Å². The van der Waals surface area contributed by atoms with E-state index in [1.165, 1.54) is 0 Å². The zero-order valence-electron chi connectivity index (χ0n) is 11.3. The minimum atomic E-state index is -0.0819. The van der Waals surface area contributed by atoms with Crippen LogP contribution in [0.5, 0.6) is 0 Å². The molecule has 0 N–H and O–H groups in total. The van der Waals surface area contributed by atoms with Gasteiger partial charge in [-0.2, -0.15) is 5.10 Å². The molecular formula is C12H20BrN3O2. The first-order chi connectivity index (χ1) is 8.45. The van der Waals surface area contributed by atoms with Crippen molar-refractivity contribution in [1.29, 1.82) is 0 Å². The highest BCUT2D eigenvalue weighted by Crippen LogP contribution is 2.19. The molecule has 0 fully saturated rings. The number of rotatable bonds is 7. The van der Waals surface area contributed by atoms with Crippen molar-refractivity contribution in [2.45, 2.75) is 26.0 Å². The van der Waals surface area contributed by atoms with Crippen LogP contribution in [0.25, 0.3) is 0 Å². The number of hydrogen-bond donors (Lipinski definition) is 0. The van der Waals surface area contributed by atoms with Gasteiger partial charge in [-0.25, -0.2) is 0 Å². The first-order valence-electron chi connectivity index (χ1n) is 5.87. The summed E-state index contributed by atoms with van der Waals surface area (Å²) in [6.45, 7) is 3.42. The van der Waals surface area contributed by atoms with Gasteiger partial charge in [-0.15, -0.1) is 0 Å². The van der Waals surface area contributed by atoms with Gasteiger partial charge in [0, 0.05) is 20.1 Å². The quantitative estimate of drug-likeness (QED) is 0.720. The number of likely N-dealkylation sites (N-methyl/N-ethyl adjacent to an activating group) is 1. The fourth-order valence-electron chi connectivity index (χ4n) is 1.55. The lowest BCUT2D eigenvalue weighted by Gasteiger charge is -2.13. The smallest absolute Gasteiger partial charge is 0.184 e. The van der Waals surface area contributed by atoms with Crippen molar-refractivity contribution in [2.24, 2.45) is 0 Å². The van der Waals surface area contributed by atoms with Gasteiger partial charge in [0.2, 0.25) is 0 Å². The van der Waals surface area contributed by atoms with Gasteiger partial charge < -0.3 is 9.64 Å². The summed E-state index contributed by atoms with van der Waals surface area (Å²) in [5.41, 5.74) is 0.626. The van der Waals surface area contributed by atoms with Gasteiger partial charge >= 0.3 is 0 Å². The Balaban J connectivity index is 2.80. The van der Waals surface area contributed by atoms with Crippen molar-refractivity contribution in [2.75, 3.05) is 27.7 Å². The monoisotopic (exact) mass is 317 g/mol. The van der Waals surface area contributed by atoms with Crippen molar-refractivity contribution in [3.63, 3.8) is 0 Å². The first-order valence-corrected chi connectivity index (χ1v) is 6.67. The first kappa shape index (κ1) is 15.3. The summed E-state index contributed by atoms with van der Waals surface area (Å²) < 4.78 is 7.61. The number of aromatic nitrogens is 2. The van der Waals surface area contributed by atoms with E-state index in [4.69, 9.17) is 4.74 Å². The molecule has 1 unspecified atom stereocenters. The molecule has 0 spiro atoms. The topological polar surface area (TPSA) is 47.4 Å². The molecule has 0 aromatic carbocycles. The van der Waals surface area contributed by atoms with Crippen LogP contribution in [0.4, 0.5) is 0 Å². The maximum atomic E-state index is 12.2. The van der Waals surface area contributed by atoms with Crippen molar-refractivity contribution in [3.05, 3.63) is 16.4 Å². The number of halogens is 1. The summed E-state index contributed by atoms with van der Waals surface area (Å²) in [4.78, 5) is 14.2. The molecule has 0 saturated carbocycles.